The first kappa shape index (κ1) is 21.2. The zero-order chi connectivity index (χ0) is 21.2. The highest BCUT2D eigenvalue weighted by molar-refractivity contribution is 5.67. The van der Waals surface area contributed by atoms with Gasteiger partial charge in [0.05, 0.1) is 11.7 Å². The molecule has 0 unspecified atom stereocenters. The summed E-state index contributed by atoms with van der Waals surface area (Å²) in [5.41, 5.74) is 2.59. The van der Waals surface area contributed by atoms with Crippen molar-refractivity contribution in [3.63, 3.8) is 0 Å². The van der Waals surface area contributed by atoms with Crippen LogP contribution in [-0.4, -0.2) is 45.6 Å². The molecule has 156 valence electrons. The molecule has 3 rings (SSSR count). The molecule has 0 radical (unpaired) electrons. The molecule has 1 aliphatic heterocycles. The van der Waals surface area contributed by atoms with Gasteiger partial charge in [-0.05, 0) is 31.0 Å². The molecule has 2 aromatic rings. The molecule has 1 aromatic heterocycles. The minimum atomic E-state index is -1.19. The zero-order valence-corrected chi connectivity index (χ0v) is 17.2. The highest BCUT2D eigenvalue weighted by Crippen LogP contribution is 2.41. The van der Waals surface area contributed by atoms with E-state index in [0.717, 1.165) is 33.8 Å². The van der Waals surface area contributed by atoms with Crippen molar-refractivity contribution >= 4 is 6.09 Å². The maximum Gasteiger partial charge on any atom is 0.410 e. The quantitative estimate of drug-likeness (QED) is 0.752. The number of benzene rings is 1. The van der Waals surface area contributed by atoms with Gasteiger partial charge in [-0.1, -0.05) is 44.2 Å². The molecule has 1 aliphatic rings. The fourth-order valence-electron chi connectivity index (χ4n) is 3.67. The third kappa shape index (κ3) is 4.57. The predicted molar refractivity (Wildman–Crippen MR) is 109 cm³/mol. The molecule has 7 heteroatoms. The molecule has 0 spiro atoms. The van der Waals surface area contributed by atoms with Gasteiger partial charge in [-0.3, -0.25) is 9.88 Å². The van der Waals surface area contributed by atoms with Crippen molar-refractivity contribution in [2.24, 2.45) is 0 Å². The van der Waals surface area contributed by atoms with E-state index in [1.165, 1.54) is 0 Å². The Kier molecular flexibility index (Phi) is 6.19. The van der Waals surface area contributed by atoms with Crippen molar-refractivity contribution in [1.82, 2.24) is 15.2 Å². The summed E-state index contributed by atoms with van der Waals surface area (Å²) >= 11 is 0. The Balaban J connectivity index is 1.77. The Morgan fingerprint density at radius 3 is 2.41 bits per heavy atom. The molecule has 1 saturated heterocycles. The van der Waals surface area contributed by atoms with Crippen molar-refractivity contribution in [3.8, 4) is 11.1 Å². The van der Waals surface area contributed by atoms with Gasteiger partial charge in [0.1, 0.15) is 18.5 Å². The van der Waals surface area contributed by atoms with E-state index in [1.807, 2.05) is 42.6 Å². The molecule has 29 heavy (non-hydrogen) atoms. The van der Waals surface area contributed by atoms with Crippen LogP contribution in [0.3, 0.4) is 0 Å². The molecular formula is C22H28FN3O3. The average Bonchev–Trinajstić information content (AvgIpc) is 2.97. The van der Waals surface area contributed by atoms with E-state index in [4.69, 9.17) is 4.74 Å². The monoisotopic (exact) mass is 401 g/mol. The van der Waals surface area contributed by atoms with Crippen LogP contribution in [0.15, 0.2) is 42.6 Å². The van der Waals surface area contributed by atoms with Crippen molar-refractivity contribution in [2.45, 2.75) is 58.2 Å². The molecule has 2 heterocycles. The Hall–Kier alpha value is -2.51. The second-order valence-corrected chi connectivity index (χ2v) is 8.06. The van der Waals surface area contributed by atoms with Crippen LogP contribution in [-0.2, 0) is 11.3 Å². The molecule has 0 bridgehead atoms. The summed E-state index contributed by atoms with van der Waals surface area (Å²) in [5.74, 6) is 0. The van der Waals surface area contributed by atoms with Crippen molar-refractivity contribution in [3.05, 3.63) is 53.9 Å². The van der Waals surface area contributed by atoms with Gasteiger partial charge >= 0.3 is 6.09 Å². The molecule has 6 nitrogen and oxygen atoms in total. The van der Waals surface area contributed by atoms with Crippen molar-refractivity contribution in [2.75, 3.05) is 6.67 Å². The number of carboxylic acid groups (broad SMARTS) is 1. The van der Waals surface area contributed by atoms with Crippen LogP contribution in [0.5, 0.6) is 0 Å². The average molecular weight is 401 g/mol. The maximum absolute atomic E-state index is 13.7. The third-order valence-corrected chi connectivity index (χ3v) is 5.13. The molecule has 2 N–H and O–H groups in total. The maximum atomic E-state index is 13.7. The number of aromatic nitrogens is 1. The lowest BCUT2D eigenvalue weighted by Crippen LogP contribution is -2.48. The van der Waals surface area contributed by atoms with Gasteiger partial charge in [-0.25, -0.2) is 9.18 Å². The van der Waals surface area contributed by atoms with E-state index in [1.54, 1.807) is 13.8 Å². The molecule has 2 atom stereocenters. The van der Waals surface area contributed by atoms with Crippen molar-refractivity contribution in [1.29, 1.82) is 0 Å². The first-order valence-electron chi connectivity index (χ1n) is 9.77. The SMILES string of the molecule is CC(C)NCc1ccc(-c2ccc([C@H]3OC(C)(C)N(C(=O)O)[C@H]3CF)cc2)cn1. The number of nitrogens with zero attached hydrogens (tertiary/aromatic N) is 2. The van der Waals surface area contributed by atoms with Crippen LogP contribution >= 0.6 is 0 Å². The van der Waals surface area contributed by atoms with Crippen LogP contribution in [0, 0.1) is 0 Å². The Bertz CT molecular complexity index is 837. The van der Waals surface area contributed by atoms with E-state index in [0.29, 0.717) is 6.04 Å². The van der Waals surface area contributed by atoms with Crippen LogP contribution in [0.1, 0.15) is 45.1 Å². The number of halogens is 1. The minimum Gasteiger partial charge on any atom is -0.465 e. The molecule has 1 aromatic carbocycles. The van der Waals surface area contributed by atoms with E-state index in [2.05, 4.69) is 24.1 Å². The molecule has 0 saturated carbocycles. The number of nitrogens with one attached hydrogen (secondary N) is 1. The van der Waals surface area contributed by atoms with Gasteiger partial charge in [0.2, 0.25) is 0 Å². The highest BCUT2D eigenvalue weighted by Gasteiger charge is 2.50. The van der Waals surface area contributed by atoms with Gasteiger partial charge in [0.15, 0.2) is 0 Å². The van der Waals surface area contributed by atoms with Crippen LogP contribution in [0.2, 0.25) is 0 Å². The number of hydrogen-bond donors (Lipinski definition) is 2. The Morgan fingerprint density at radius 2 is 1.90 bits per heavy atom. The topological polar surface area (TPSA) is 74.7 Å². The van der Waals surface area contributed by atoms with Gasteiger partial charge in [0.25, 0.3) is 0 Å². The summed E-state index contributed by atoms with van der Waals surface area (Å²) in [6.07, 6.45) is -0.00410. The normalized spacial score (nSPS) is 21.0. The number of hydrogen-bond acceptors (Lipinski definition) is 4. The number of amides is 1. The highest BCUT2D eigenvalue weighted by atomic mass is 19.1. The first-order chi connectivity index (χ1) is 13.7. The van der Waals surface area contributed by atoms with Gasteiger partial charge in [-0.2, -0.15) is 0 Å². The second-order valence-electron chi connectivity index (χ2n) is 8.06. The zero-order valence-electron chi connectivity index (χ0n) is 17.2. The van der Waals surface area contributed by atoms with Gasteiger partial charge < -0.3 is 15.2 Å². The number of ether oxygens (including phenoxy) is 1. The summed E-state index contributed by atoms with van der Waals surface area (Å²) in [6, 6.07) is 11.1. The fraction of sp³-hybridized carbons (Fsp3) is 0.455. The van der Waals surface area contributed by atoms with Crippen molar-refractivity contribution < 1.29 is 19.0 Å². The number of carbonyl (C=O) groups is 1. The minimum absolute atomic E-state index is 0.400. The lowest BCUT2D eigenvalue weighted by atomic mass is 9.99. The lowest BCUT2D eigenvalue weighted by molar-refractivity contribution is -0.0674. The van der Waals surface area contributed by atoms with E-state index in [-0.39, 0.29) is 0 Å². The molecule has 1 amide bonds. The lowest BCUT2D eigenvalue weighted by Gasteiger charge is -2.29. The summed E-state index contributed by atoms with van der Waals surface area (Å²) in [5, 5.41) is 12.8. The smallest absolute Gasteiger partial charge is 0.410 e. The van der Waals surface area contributed by atoms with Gasteiger partial charge in [0, 0.05) is 24.3 Å². The summed E-state index contributed by atoms with van der Waals surface area (Å²) in [6.45, 7) is 7.37. The summed E-state index contributed by atoms with van der Waals surface area (Å²) in [7, 11) is 0. The van der Waals surface area contributed by atoms with E-state index < -0.39 is 30.6 Å². The van der Waals surface area contributed by atoms with Gasteiger partial charge in [-0.15, -0.1) is 0 Å². The summed E-state index contributed by atoms with van der Waals surface area (Å²) < 4.78 is 19.6. The van der Waals surface area contributed by atoms with E-state index in [9.17, 15) is 14.3 Å². The third-order valence-electron chi connectivity index (χ3n) is 5.13. The summed E-state index contributed by atoms with van der Waals surface area (Å²) in [4.78, 5) is 17.1. The Labute approximate surface area is 170 Å². The molecule has 1 fully saturated rings. The van der Waals surface area contributed by atoms with Crippen LogP contribution < -0.4 is 5.32 Å². The van der Waals surface area contributed by atoms with Crippen LogP contribution in [0.4, 0.5) is 9.18 Å². The molecular weight excluding hydrogens is 373 g/mol. The standard InChI is InChI=1S/C22H28FN3O3/c1-14(2)24-13-18-10-9-17(12-25-18)15-5-7-16(8-6-15)20-19(11-23)26(21(27)28)22(3,4)29-20/h5-10,12,14,19-20,24H,11,13H2,1-4H3,(H,27,28)/t19-,20+/m0/s1. The van der Waals surface area contributed by atoms with E-state index >= 15 is 0 Å². The number of rotatable bonds is 6. The second kappa shape index (κ2) is 8.47. The van der Waals surface area contributed by atoms with Crippen LogP contribution in [0.25, 0.3) is 11.1 Å². The first-order valence-corrected chi connectivity index (χ1v) is 9.77. The number of alkyl halides is 1. The fourth-order valence-corrected chi connectivity index (χ4v) is 3.67. The number of pyridine rings is 1. The predicted octanol–water partition coefficient (Wildman–Crippen LogP) is 4.37. The largest absolute Gasteiger partial charge is 0.465 e. The molecule has 0 aliphatic carbocycles. The Morgan fingerprint density at radius 1 is 1.24 bits per heavy atom.